The van der Waals surface area contributed by atoms with Crippen LogP contribution in [0.15, 0.2) is 41.8 Å². The number of hydrogen-bond donors (Lipinski definition) is 2. The van der Waals surface area contributed by atoms with Gasteiger partial charge in [0.05, 0.1) is 11.2 Å². The SMILES string of the molecule is C=CCSc1ccccc1NC(=O)C1(N)CC1. The van der Waals surface area contributed by atoms with Crippen molar-refractivity contribution >= 4 is 23.4 Å². The molecular formula is C13H16N2OS. The van der Waals surface area contributed by atoms with Crippen molar-refractivity contribution in [3.05, 3.63) is 36.9 Å². The van der Waals surface area contributed by atoms with Crippen molar-refractivity contribution in [2.75, 3.05) is 11.1 Å². The Labute approximate surface area is 105 Å². The minimum Gasteiger partial charge on any atom is -0.323 e. The Bertz CT molecular complexity index is 441. The zero-order chi connectivity index (χ0) is 12.3. The molecule has 3 nitrogen and oxygen atoms in total. The fraction of sp³-hybridized carbons (Fsp3) is 0.308. The molecule has 1 aliphatic carbocycles. The van der Waals surface area contributed by atoms with Gasteiger partial charge in [-0.25, -0.2) is 0 Å². The van der Waals surface area contributed by atoms with Gasteiger partial charge in [-0.2, -0.15) is 0 Å². The van der Waals surface area contributed by atoms with E-state index in [1.165, 1.54) is 0 Å². The average molecular weight is 248 g/mol. The monoisotopic (exact) mass is 248 g/mol. The molecule has 4 heteroatoms. The van der Waals surface area contributed by atoms with Crippen molar-refractivity contribution < 1.29 is 4.79 Å². The van der Waals surface area contributed by atoms with Crippen LogP contribution in [-0.4, -0.2) is 17.2 Å². The molecule has 1 aromatic carbocycles. The van der Waals surface area contributed by atoms with E-state index < -0.39 is 5.54 Å². The van der Waals surface area contributed by atoms with Crippen molar-refractivity contribution in [1.29, 1.82) is 0 Å². The number of carbonyl (C=O) groups is 1. The van der Waals surface area contributed by atoms with Crippen LogP contribution in [0.1, 0.15) is 12.8 Å². The van der Waals surface area contributed by atoms with Gasteiger partial charge >= 0.3 is 0 Å². The minimum atomic E-state index is -0.629. The molecule has 0 unspecified atom stereocenters. The van der Waals surface area contributed by atoms with Crippen molar-refractivity contribution in [3.63, 3.8) is 0 Å². The van der Waals surface area contributed by atoms with Crippen LogP contribution in [-0.2, 0) is 4.79 Å². The first-order valence-corrected chi connectivity index (χ1v) is 6.57. The third-order valence-electron chi connectivity index (χ3n) is 2.73. The molecule has 1 amide bonds. The smallest absolute Gasteiger partial charge is 0.244 e. The van der Waals surface area contributed by atoms with Gasteiger partial charge in [0, 0.05) is 10.6 Å². The van der Waals surface area contributed by atoms with Gasteiger partial charge < -0.3 is 11.1 Å². The molecule has 0 saturated heterocycles. The highest BCUT2D eigenvalue weighted by atomic mass is 32.2. The van der Waals surface area contributed by atoms with E-state index in [1.54, 1.807) is 11.8 Å². The summed E-state index contributed by atoms with van der Waals surface area (Å²) in [5.41, 5.74) is 6.06. The van der Waals surface area contributed by atoms with Gasteiger partial charge in [0.1, 0.15) is 0 Å². The van der Waals surface area contributed by atoms with E-state index in [0.29, 0.717) is 0 Å². The molecule has 1 fully saturated rings. The molecule has 0 heterocycles. The number of nitrogens with one attached hydrogen (secondary N) is 1. The first kappa shape index (κ1) is 12.2. The Hall–Kier alpha value is -1.26. The van der Waals surface area contributed by atoms with E-state index in [9.17, 15) is 4.79 Å². The van der Waals surface area contributed by atoms with Crippen LogP contribution in [0.5, 0.6) is 0 Å². The second-order valence-electron chi connectivity index (χ2n) is 4.21. The molecule has 0 bridgehead atoms. The van der Waals surface area contributed by atoms with E-state index in [4.69, 9.17) is 5.73 Å². The number of para-hydroxylation sites is 1. The number of anilines is 1. The number of thioether (sulfide) groups is 1. The van der Waals surface area contributed by atoms with E-state index in [2.05, 4.69) is 11.9 Å². The maximum absolute atomic E-state index is 11.9. The fourth-order valence-corrected chi connectivity index (χ4v) is 2.20. The second-order valence-corrected chi connectivity index (χ2v) is 5.27. The van der Waals surface area contributed by atoms with Gasteiger partial charge in [0.25, 0.3) is 0 Å². The molecule has 0 radical (unpaired) electrons. The molecule has 1 aliphatic rings. The van der Waals surface area contributed by atoms with Crippen molar-refractivity contribution in [3.8, 4) is 0 Å². The first-order chi connectivity index (χ1) is 8.15. The summed E-state index contributed by atoms with van der Waals surface area (Å²) < 4.78 is 0. The molecule has 2 rings (SSSR count). The number of nitrogens with two attached hydrogens (primary N) is 1. The normalized spacial score (nSPS) is 16.3. The Balaban J connectivity index is 2.08. The first-order valence-electron chi connectivity index (χ1n) is 5.59. The Morgan fingerprint density at radius 1 is 1.53 bits per heavy atom. The average Bonchev–Trinajstić information content (AvgIpc) is 3.08. The van der Waals surface area contributed by atoms with Crippen LogP contribution >= 0.6 is 11.8 Å². The molecule has 17 heavy (non-hydrogen) atoms. The van der Waals surface area contributed by atoms with E-state index in [-0.39, 0.29) is 5.91 Å². The highest BCUT2D eigenvalue weighted by Crippen LogP contribution is 2.34. The predicted molar refractivity (Wildman–Crippen MR) is 72.1 cm³/mol. The molecule has 1 saturated carbocycles. The fourth-order valence-electron chi connectivity index (χ4n) is 1.45. The highest BCUT2D eigenvalue weighted by molar-refractivity contribution is 7.99. The summed E-state index contributed by atoms with van der Waals surface area (Å²) in [6.07, 6.45) is 3.40. The third kappa shape index (κ3) is 2.90. The van der Waals surface area contributed by atoms with Gasteiger partial charge in [-0.15, -0.1) is 18.3 Å². The molecule has 0 aliphatic heterocycles. The van der Waals surface area contributed by atoms with Gasteiger partial charge in [-0.05, 0) is 25.0 Å². The summed E-state index contributed by atoms with van der Waals surface area (Å²) in [5.74, 6) is 0.741. The summed E-state index contributed by atoms with van der Waals surface area (Å²) in [6.45, 7) is 3.69. The maximum atomic E-state index is 11.9. The Morgan fingerprint density at radius 2 is 2.24 bits per heavy atom. The Morgan fingerprint density at radius 3 is 2.88 bits per heavy atom. The Kier molecular flexibility index (Phi) is 3.54. The lowest BCUT2D eigenvalue weighted by Gasteiger charge is -2.13. The summed E-state index contributed by atoms with van der Waals surface area (Å²) in [5, 5.41) is 2.90. The van der Waals surface area contributed by atoms with Crippen molar-refractivity contribution in [1.82, 2.24) is 0 Å². The van der Waals surface area contributed by atoms with Crippen LogP contribution in [0.2, 0.25) is 0 Å². The van der Waals surface area contributed by atoms with E-state index >= 15 is 0 Å². The van der Waals surface area contributed by atoms with Crippen LogP contribution < -0.4 is 11.1 Å². The predicted octanol–water partition coefficient (Wildman–Crippen LogP) is 2.39. The number of amides is 1. The zero-order valence-electron chi connectivity index (χ0n) is 9.61. The summed E-state index contributed by atoms with van der Waals surface area (Å²) >= 11 is 1.65. The molecular weight excluding hydrogens is 232 g/mol. The number of benzene rings is 1. The molecule has 90 valence electrons. The summed E-state index contributed by atoms with van der Waals surface area (Å²) in [4.78, 5) is 12.9. The highest BCUT2D eigenvalue weighted by Gasteiger charge is 2.46. The largest absolute Gasteiger partial charge is 0.323 e. The lowest BCUT2D eigenvalue weighted by Crippen LogP contribution is -2.37. The van der Waals surface area contributed by atoms with Gasteiger partial charge in [0.15, 0.2) is 0 Å². The maximum Gasteiger partial charge on any atom is 0.244 e. The summed E-state index contributed by atoms with van der Waals surface area (Å²) in [7, 11) is 0. The number of rotatable bonds is 5. The topological polar surface area (TPSA) is 55.1 Å². The van der Waals surface area contributed by atoms with Crippen LogP contribution in [0.25, 0.3) is 0 Å². The lowest BCUT2D eigenvalue weighted by molar-refractivity contribution is -0.118. The zero-order valence-corrected chi connectivity index (χ0v) is 10.4. The van der Waals surface area contributed by atoms with Crippen LogP contribution in [0.3, 0.4) is 0 Å². The van der Waals surface area contributed by atoms with Crippen molar-refractivity contribution in [2.24, 2.45) is 5.73 Å². The minimum absolute atomic E-state index is 0.0795. The third-order valence-corrected chi connectivity index (χ3v) is 3.80. The molecule has 0 aromatic heterocycles. The number of hydrogen-bond acceptors (Lipinski definition) is 3. The van der Waals surface area contributed by atoms with E-state index in [1.807, 2.05) is 30.3 Å². The second kappa shape index (κ2) is 4.94. The molecule has 1 aromatic rings. The van der Waals surface area contributed by atoms with Crippen molar-refractivity contribution in [2.45, 2.75) is 23.3 Å². The van der Waals surface area contributed by atoms with Gasteiger partial charge in [-0.1, -0.05) is 18.2 Å². The number of carbonyl (C=O) groups excluding carboxylic acids is 1. The quantitative estimate of drug-likeness (QED) is 0.621. The van der Waals surface area contributed by atoms with E-state index in [0.717, 1.165) is 29.2 Å². The van der Waals surface area contributed by atoms with Crippen LogP contribution in [0.4, 0.5) is 5.69 Å². The molecule has 0 spiro atoms. The van der Waals surface area contributed by atoms with Crippen LogP contribution in [0, 0.1) is 0 Å². The standard InChI is InChI=1S/C13H16N2OS/c1-2-9-17-11-6-4-3-5-10(11)15-12(16)13(14)7-8-13/h2-6H,1,7-9,14H2,(H,15,16). The molecule has 3 N–H and O–H groups in total. The summed E-state index contributed by atoms with van der Waals surface area (Å²) in [6, 6.07) is 7.75. The van der Waals surface area contributed by atoms with Gasteiger partial charge in [-0.3, -0.25) is 4.79 Å². The lowest BCUT2D eigenvalue weighted by atomic mass is 10.2. The molecule has 0 atom stereocenters. The van der Waals surface area contributed by atoms with Gasteiger partial charge in [0.2, 0.25) is 5.91 Å².